The normalized spacial score (nSPS) is 12.5. The lowest BCUT2D eigenvalue weighted by atomic mass is 10.1. The molecule has 22 heavy (non-hydrogen) atoms. The van der Waals surface area contributed by atoms with E-state index in [9.17, 15) is 23.5 Å². The van der Waals surface area contributed by atoms with Gasteiger partial charge in [0.2, 0.25) is 0 Å². The van der Waals surface area contributed by atoms with Crippen LogP contribution in [0.5, 0.6) is 0 Å². The van der Waals surface area contributed by atoms with Gasteiger partial charge in [0.1, 0.15) is 5.60 Å². The van der Waals surface area contributed by atoms with E-state index < -0.39 is 41.1 Å². The molecule has 0 radical (unpaired) electrons. The number of carbonyl (C=O) groups is 2. The van der Waals surface area contributed by atoms with E-state index in [1.165, 1.54) is 0 Å². The SMILES string of the molecule is COC(=O)C(O)c1cc(F)c(F)c(NC(=O)OC(C)(C)C)c1. The molecule has 8 heteroatoms. The Kier molecular flexibility index (Phi) is 5.43. The van der Waals surface area contributed by atoms with Crippen LogP contribution in [0.3, 0.4) is 0 Å². The lowest BCUT2D eigenvalue weighted by molar-refractivity contribution is -0.150. The van der Waals surface area contributed by atoms with Gasteiger partial charge < -0.3 is 14.6 Å². The number of amides is 1. The van der Waals surface area contributed by atoms with Crippen molar-refractivity contribution in [2.45, 2.75) is 32.5 Å². The van der Waals surface area contributed by atoms with E-state index in [-0.39, 0.29) is 5.56 Å². The topological polar surface area (TPSA) is 84.9 Å². The van der Waals surface area contributed by atoms with Crippen LogP contribution < -0.4 is 5.32 Å². The highest BCUT2D eigenvalue weighted by molar-refractivity contribution is 5.85. The molecule has 1 aromatic rings. The molecule has 0 saturated carbocycles. The smallest absolute Gasteiger partial charge is 0.412 e. The van der Waals surface area contributed by atoms with Gasteiger partial charge in [-0.15, -0.1) is 0 Å². The number of esters is 1. The lowest BCUT2D eigenvalue weighted by Crippen LogP contribution is -2.27. The summed E-state index contributed by atoms with van der Waals surface area (Å²) in [6.07, 6.45) is -2.81. The summed E-state index contributed by atoms with van der Waals surface area (Å²) in [5, 5.41) is 11.7. The highest BCUT2D eigenvalue weighted by Crippen LogP contribution is 2.25. The van der Waals surface area contributed by atoms with Gasteiger partial charge in [-0.05, 0) is 38.5 Å². The summed E-state index contributed by atoms with van der Waals surface area (Å²) in [4.78, 5) is 22.8. The molecule has 0 bridgehead atoms. The standard InChI is InChI=1S/C14H17F2NO5/c1-14(2,3)22-13(20)17-9-6-7(5-8(15)10(9)16)11(18)12(19)21-4/h5-6,11,18H,1-4H3,(H,17,20). The van der Waals surface area contributed by atoms with Gasteiger partial charge in [0.25, 0.3) is 0 Å². The Morgan fingerprint density at radius 1 is 1.27 bits per heavy atom. The number of methoxy groups -OCH3 is 1. The molecule has 0 spiro atoms. The molecule has 1 rings (SSSR count). The third-order valence-electron chi connectivity index (χ3n) is 2.43. The summed E-state index contributed by atoms with van der Waals surface area (Å²) in [5.41, 5.74) is -1.66. The molecule has 122 valence electrons. The second kappa shape index (κ2) is 6.69. The third-order valence-corrected chi connectivity index (χ3v) is 2.43. The first-order valence-corrected chi connectivity index (χ1v) is 6.30. The summed E-state index contributed by atoms with van der Waals surface area (Å²) >= 11 is 0. The zero-order valence-electron chi connectivity index (χ0n) is 12.6. The zero-order chi connectivity index (χ0) is 17.1. The average molecular weight is 317 g/mol. The van der Waals surface area contributed by atoms with Crippen LogP contribution >= 0.6 is 0 Å². The largest absolute Gasteiger partial charge is 0.467 e. The number of anilines is 1. The van der Waals surface area contributed by atoms with Gasteiger partial charge in [-0.25, -0.2) is 18.4 Å². The van der Waals surface area contributed by atoms with Crippen molar-refractivity contribution < 1.29 is 33.0 Å². The van der Waals surface area contributed by atoms with Gasteiger partial charge in [-0.1, -0.05) is 0 Å². The van der Waals surface area contributed by atoms with Gasteiger partial charge in [-0.3, -0.25) is 5.32 Å². The van der Waals surface area contributed by atoms with Crippen molar-refractivity contribution in [3.05, 3.63) is 29.3 Å². The predicted molar refractivity (Wildman–Crippen MR) is 73.2 cm³/mol. The summed E-state index contributed by atoms with van der Waals surface area (Å²) in [6, 6.07) is 1.56. The van der Waals surface area contributed by atoms with Crippen LogP contribution in [0.25, 0.3) is 0 Å². The maximum atomic E-state index is 13.7. The molecule has 2 N–H and O–H groups in total. The second-order valence-electron chi connectivity index (χ2n) is 5.42. The van der Waals surface area contributed by atoms with Crippen LogP contribution in [0.4, 0.5) is 19.3 Å². The average Bonchev–Trinajstić information content (AvgIpc) is 2.39. The molecule has 0 aromatic heterocycles. The second-order valence-corrected chi connectivity index (χ2v) is 5.42. The number of hydrogen-bond donors (Lipinski definition) is 2. The molecule has 0 aliphatic carbocycles. The van der Waals surface area contributed by atoms with Gasteiger partial charge >= 0.3 is 12.1 Å². The van der Waals surface area contributed by atoms with Gasteiger partial charge in [0, 0.05) is 0 Å². The molecule has 0 saturated heterocycles. The van der Waals surface area contributed by atoms with Crippen molar-refractivity contribution in [1.29, 1.82) is 0 Å². The van der Waals surface area contributed by atoms with E-state index in [1.54, 1.807) is 20.8 Å². The molecule has 0 heterocycles. The fourth-order valence-corrected chi connectivity index (χ4v) is 1.52. The van der Waals surface area contributed by atoms with E-state index in [1.807, 2.05) is 5.32 Å². The van der Waals surface area contributed by atoms with Gasteiger partial charge in [-0.2, -0.15) is 0 Å². The van der Waals surface area contributed by atoms with Crippen LogP contribution in [0.2, 0.25) is 0 Å². The van der Waals surface area contributed by atoms with Crippen LogP contribution in [-0.4, -0.2) is 29.9 Å². The summed E-state index contributed by atoms with van der Waals surface area (Å²) < 4.78 is 36.4. The maximum absolute atomic E-state index is 13.7. The number of aliphatic hydroxyl groups excluding tert-OH is 1. The van der Waals surface area contributed by atoms with Crippen molar-refractivity contribution in [2.75, 3.05) is 12.4 Å². The third kappa shape index (κ3) is 4.66. The van der Waals surface area contributed by atoms with Crippen LogP contribution in [0.1, 0.15) is 32.4 Å². The van der Waals surface area contributed by atoms with Crippen LogP contribution in [-0.2, 0) is 14.3 Å². The summed E-state index contributed by atoms with van der Waals surface area (Å²) in [7, 11) is 1.03. The van der Waals surface area contributed by atoms with Crippen molar-refractivity contribution in [3.8, 4) is 0 Å². The van der Waals surface area contributed by atoms with E-state index in [0.717, 1.165) is 13.2 Å². The molecule has 6 nitrogen and oxygen atoms in total. The Hall–Kier alpha value is -2.22. The first kappa shape index (κ1) is 17.8. The predicted octanol–water partition coefficient (Wildman–Crippen LogP) is 2.52. The number of nitrogens with one attached hydrogen (secondary N) is 1. The molecule has 1 aromatic carbocycles. The molecular formula is C14H17F2NO5. The molecule has 0 aliphatic rings. The maximum Gasteiger partial charge on any atom is 0.412 e. The number of aliphatic hydroxyl groups is 1. The Morgan fingerprint density at radius 2 is 1.86 bits per heavy atom. The molecule has 1 amide bonds. The zero-order valence-corrected chi connectivity index (χ0v) is 12.6. The molecule has 0 aliphatic heterocycles. The number of rotatable bonds is 3. The molecule has 1 unspecified atom stereocenters. The Labute approximate surface area is 126 Å². The highest BCUT2D eigenvalue weighted by Gasteiger charge is 2.23. The number of halogens is 2. The van der Waals surface area contributed by atoms with Crippen LogP contribution in [0.15, 0.2) is 12.1 Å². The molecule has 1 atom stereocenters. The van der Waals surface area contributed by atoms with Crippen molar-refractivity contribution in [1.82, 2.24) is 0 Å². The monoisotopic (exact) mass is 317 g/mol. The summed E-state index contributed by atoms with van der Waals surface area (Å²) in [6.45, 7) is 4.79. The van der Waals surface area contributed by atoms with E-state index >= 15 is 0 Å². The fourth-order valence-electron chi connectivity index (χ4n) is 1.52. The van der Waals surface area contributed by atoms with Crippen molar-refractivity contribution >= 4 is 17.7 Å². The highest BCUT2D eigenvalue weighted by atomic mass is 19.2. The first-order valence-electron chi connectivity index (χ1n) is 6.30. The van der Waals surface area contributed by atoms with Gasteiger partial charge in [0.15, 0.2) is 17.7 Å². The molecular weight excluding hydrogens is 300 g/mol. The minimum absolute atomic E-state index is 0.267. The van der Waals surface area contributed by atoms with E-state index in [2.05, 4.69) is 4.74 Å². The Balaban J connectivity index is 3.07. The molecule has 0 fully saturated rings. The first-order chi connectivity index (χ1) is 10.0. The number of benzene rings is 1. The van der Waals surface area contributed by atoms with Crippen molar-refractivity contribution in [2.24, 2.45) is 0 Å². The minimum atomic E-state index is -1.81. The minimum Gasteiger partial charge on any atom is -0.467 e. The van der Waals surface area contributed by atoms with Gasteiger partial charge in [0.05, 0.1) is 12.8 Å². The fraction of sp³-hybridized carbons (Fsp3) is 0.429. The Morgan fingerprint density at radius 3 is 2.36 bits per heavy atom. The van der Waals surface area contributed by atoms with Crippen molar-refractivity contribution in [3.63, 3.8) is 0 Å². The Bertz CT molecular complexity index is 583. The van der Waals surface area contributed by atoms with E-state index in [0.29, 0.717) is 6.07 Å². The number of ether oxygens (including phenoxy) is 2. The number of hydrogen-bond acceptors (Lipinski definition) is 5. The van der Waals surface area contributed by atoms with E-state index in [4.69, 9.17) is 4.74 Å². The quantitative estimate of drug-likeness (QED) is 0.837. The lowest BCUT2D eigenvalue weighted by Gasteiger charge is -2.20. The number of carbonyl (C=O) groups excluding carboxylic acids is 2. The van der Waals surface area contributed by atoms with Crippen LogP contribution in [0, 0.1) is 11.6 Å². The summed E-state index contributed by atoms with van der Waals surface area (Å²) in [5.74, 6) is -3.73.